The maximum atomic E-state index is 9.75. The Hall–Kier alpha value is -0.606. The molecule has 1 radical (unpaired) electrons. The molecular formula is C16H24BF4Ir-. The van der Waals surface area contributed by atoms with E-state index >= 15 is 0 Å². The summed E-state index contributed by atoms with van der Waals surface area (Å²) in [5, 5.41) is 0. The largest absolute Gasteiger partial charge is 0.673 e. The van der Waals surface area contributed by atoms with Gasteiger partial charge in [0.15, 0.2) is 0 Å². The quantitative estimate of drug-likeness (QED) is 0.201. The molecule has 0 atom stereocenters. The van der Waals surface area contributed by atoms with Crippen LogP contribution in [0, 0.1) is 0 Å². The summed E-state index contributed by atoms with van der Waals surface area (Å²) in [6.45, 7) is 0. The topological polar surface area (TPSA) is 0 Å². The number of hydrogen-bond donors (Lipinski definition) is 0. The fourth-order valence-electron chi connectivity index (χ4n) is 1.71. The van der Waals surface area contributed by atoms with Gasteiger partial charge in [-0.3, -0.25) is 0 Å². The summed E-state index contributed by atoms with van der Waals surface area (Å²) in [6.07, 6.45) is 28.0. The summed E-state index contributed by atoms with van der Waals surface area (Å²) in [5.41, 5.74) is 0. The van der Waals surface area contributed by atoms with Crippen molar-refractivity contribution in [2.75, 3.05) is 0 Å². The van der Waals surface area contributed by atoms with Crippen LogP contribution in [0.4, 0.5) is 17.3 Å². The fourth-order valence-corrected chi connectivity index (χ4v) is 1.71. The second-order valence-corrected chi connectivity index (χ2v) is 4.69. The summed E-state index contributed by atoms with van der Waals surface area (Å²) in [6, 6.07) is 0. The molecule has 0 N–H and O–H groups in total. The van der Waals surface area contributed by atoms with Crippen molar-refractivity contribution in [2.24, 2.45) is 0 Å². The van der Waals surface area contributed by atoms with Crippen LogP contribution in [0.1, 0.15) is 51.4 Å². The van der Waals surface area contributed by atoms with Crippen molar-refractivity contribution in [1.29, 1.82) is 0 Å². The Morgan fingerprint density at radius 1 is 0.409 bits per heavy atom. The van der Waals surface area contributed by atoms with Crippen LogP contribution < -0.4 is 0 Å². The van der Waals surface area contributed by atoms with E-state index in [0.29, 0.717) is 0 Å². The molecule has 0 saturated heterocycles. The molecule has 0 aliphatic heterocycles. The molecule has 2 aliphatic rings. The van der Waals surface area contributed by atoms with Gasteiger partial charge < -0.3 is 17.3 Å². The van der Waals surface area contributed by atoms with Crippen molar-refractivity contribution in [3.05, 3.63) is 48.6 Å². The SMILES string of the molecule is C1=CCC/C=C\CC1.C1=CCC/C=C\CC1.F[B-](F)(F)F.[Ir]. The van der Waals surface area contributed by atoms with Crippen LogP contribution in [0.15, 0.2) is 48.6 Å². The summed E-state index contributed by atoms with van der Waals surface area (Å²) < 4.78 is 39.0. The van der Waals surface area contributed by atoms with E-state index in [-0.39, 0.29) is 20.1 Å². The minimum atomic E-state index is -6.00. The molecule has 0 fully saturated rings. The molecule has 0 heterocycles. The Morgan fingerprint density at radius 3 is 0.591 bits per heavy atom. The zero-order valence-corrected chi connectivity index (χ0v) is 15.1. The fraction of sp³-hybridized carbons (Fsp3) is 0.500. The van der Waals surface area contributed by atoms with E-state index in [1.165, 1.54) is 51.4 Å². The molecule has 0 saturated carbocycles. The zero-order valence-electron chi connectivity index (χ0n) is 12.7. The van der Waals surface area contributed by atoms with E-state index in [0.717, 1.165) is 0 Å². The molecule has 0 amide bonds. The smallest absolute Gasteiger partial charge is 0.418 e. The maximum absolute atomic E-state index is 9.75. The minimum absolute atomic E-state index is 0. The molecule has 129 valence electrons. The maximum Gasteiger partial charge on any atom is 0.673 e. The Bertz CT molecular complexity index is 261. The average Bonchev–Trinajstić information content (AvgIpc) is 2.24. The Labute approximate surface area is 144 Å². The van der Waals surface area contributed by atoms with E-state index in [4.69, 9.17) is 0 Å². The summed E-state index contributed by atoms with van der Waals surface area (Å²) in [7, 11) is -6.00. The molecule has 0 aromatic carbocycles. The van der Waals surface area contributed by atoms with Gasteiger partial charge in [-0.1, -0.05) is 48.6 Å². The summed E-state index contributed by atoms with van der Waals surface area (Å²) in [4.78, 5) is 0. The first-order valence-electron chi connectivity index (χ1n) is 7.47. The molecule has 0 nitrogen and oxygen atoms in total. The van der Waals surface area contributed by atoms with Crippen molar-refractivity contribution < 1.29 is 37.4 Å². The predicted octanol–water partition coefficient (Wildman–Crippen LogP) is 6.64. The summed E-state index contributed by atoms with van der Waals surface area (Å²) in [5.74, 6) is 0. The first-order valence-corrected chi connectivity index (χ1v) is 7.47. The van der Waals surface area contributed by atoms with Crippen LogP contribution in [0.25, 0.3) is 0 Å². The Morgan fingerprint density at radius 2 is 0.500 bits per heavy atom. The van der Waals surface area contributed by atoms with Crippen LogP contribution in [-0.2, 0) is 20.1 Å². The van der Waals surface area contributed by atoms with Gasteiger partial charge >= 0.3 is 7.25 Å². The average molecular weight is 495 g/mol. The van der Waals surface area contributed by atoms with Crippen molar-refractivity contribution in [1.82, 2.24) is 0 Å². The van der Waals surface area contributed by atoms with Gasteiger partial charge in [-0.2, -0.15) is 0 Å². The number of allylic oxidation sites excluding steroid dienone is 8. The molecule has 6 heteroatoms. The van der Waals surface area contributed by atoms with Crippen molar-refractivity contribution in [3.8, 4) is 0 Å². The van der Waals surface area contributed by atoms with Gasteiger partial charge in [0.25, 0.3) is 0 Å². The molecule has 0 bridgehead atoms. The monoisotopic (exact) mass is 496 g/mol. The third-order valence-corrected chi connectivity index (χ3v) is 2.67. The minimum Gasteiger partial charge on any atom is -0.418 e. The zero-order chi connectivity index (χ0) is 15.8. The third-order valence-electron chi connectivity index (χ3n) is 2.67. The number of halogens is 4. The van der Waals surface area contributed by atoms with E-state index < -0.39 is 7.25 Å². The molecule has 2 rings (SSSR count). The molecule has 0 unspecified atom stereocenters. The molecule has 0 aromatic heterocycles. The second kappa shape index (κ2) is 16.8. The standard InChI is InChI=1S/2C8H12.BF4.Ir/c2*1-2-4-6-8-7-5-3-1;2-1(3,4)5;/h2*1-2,7-8H,3-6H2;;/q;;-1;/b2*2-1-,8-7?;;. The van der Waals surface area contributed by atoms with Gasteiger partial charge in [0.2, 0.25) is 0 Å². The van der Waals surface area contributed by atoms with Gasteiger partial charge in [-0.15, -0.1) is 0 Å². The van der Waals surface area contributed by atoms with Crippen LogP contribution in [0.3, 0.4) is 0 Å². The van der Waals surface area contributed by atoms with E-state index in [2.05, 4.69) is 48.6 Å². The molecule has 2 aliphatic carbocycles. The van der Waals surface area contributed by atoms with E-state index in [9.17, 15) is 17.3 Å². The van der Waals surface area contributed by atoms with Gasteiger partial charge in [-0.05, 0) is 51.4 Å². The van der Waals surface area contributed by atoms with Crippen LogP contribution in [0.2, 0.25) is 0 Å². The second-order valence-electron chi connectivity index (χ2n) is 4.69. The molecular weight excluding hydrogens is 471 g/mol. The van der Waals surface area contributed by atoms with Gasteiger partial charge in [-0.25, -0.2) is 0 Å². The molecule has 0 aromatic rings. The van der Waals surface area contributed by atoms with Crippen molar-refractivity contribution in [3.63, 3.8) is 0 Å². The number of hydrogen-bond acceptors (Lipinski definition) is 0. The van der Waals surface area contributed by atoms with E-state index in [1.54, 1.807) is 0 Å². The van der Waals surface area contributed by atoms with Crippen molar-refractivity contribution >= 4 is 7.25 Å². The van der Waals surface area contributed by atoms with Gasteiger partial charge in [0.1, 0.15) is 0 Å². The molecule has 22 heavy (non-hydrogen) atoms. The van der Waals surface area contributed by atoms with Gasteiger partial charge in [0.05, 0.1) is 0 Å². The first kappa shape index (κ1) is 23.7. The summed E-state index contributed by atoms with van der Waals surface area (Å²) >= 11 is 0. The first-order chi connectivity index (χ1) is 10.0. The van der Waals surface area contributed by atoms with Crippen molar-refractivity contribution in [2.45, 2.75) is 51.4 Å². The Balaban J connectivity index is 0. The van der Waals surface area contributed by atoms with Crippen LogP contribution >= 0.6 is 0 Å². The van der Waals surface area contributed by atoms with Crippen LogP contribution in [-0.4, -0.2) is 7.25 Å². The predicted molar refractivity (Wildman–Crippen MR) is 83.7 cm³/mol. The van der Waals surface area contributed by atoms with E-state index in [1.807, 2.05) is 0 Å². The third kappa shape index (κ3) is 27.7. The Kier molecular flexibility index (Phi) is 18.0. The van der Waals surface area contributed by atoms with Gasteiger partial charge in [0, 0.05) is 20.1 Å². The number of rotatable bonds is 0. The normalized spacial score (nSPS) is 20.2. The molecule has 0 spiro atoms. The van der Waals surface area contributed by atoms with Crippen LogP contribution in [0.5, 0.6) is 0 Å².